The lowest BCUT2D eigenvalue weighted by Gasteiger charge is -2.35. The zero-order valence-electron chi connectivity index (χ0n) is 82.3. The molecule has 32 nitrogen and oxygen atoms in total. The fourth-order valence-electron chi connectivity index (χ4n) is 19.5. The summed E-state index contributed by atoms with van der Waals surface area (Å²) < 4.78 is 267. The summed E-state index contributed by atoms with van der Waals surface area (Å²) in [7, 11) is -21.2. The first-order valence-electron chi connectivity index (χ1n) is 48.0. The summed E-state index contributed by atoms with van der Waals surface area (Å²) in [6.07, 6.45) is 14.9. The van der Waals surface area contributed by atoms with E-state index in [9.17, 15) is 51.9 Å². The maximum absolute atomic E-state index is 12.9. The van der Waals surface area contributed by atoms with E-state index in [4.69, 9.17) is 75.8 Å². The van der Waals surface area contributed by atoms with Crippen molar-refractivity contribution >= 4 is 40.5 Å². The average molecular weight is 2050 g/mol. The van der Waals surface area contributed by atoms with Crippen molar-refractivity contribution in [1.29, 1.82) is 0 Å². The van der Waals surface area contributed by atoms with Crippen LogP contribution in [0.4, 0.5) is 0 Å². The molecule has 16 bridgehead atoms. The highest BCUT2D eigenvalue weighted by Gasteiger charge is 2.43. The van der Waals surface area contributed by atoms with Crippen molar-refractivity contribution in [3.63, 3.8) is 0 Å². The molecule has 0 saturated heterocycles. The van der Waals surface area contributed by atoms with Gasteiger partial charge in [0.1, 0.15) is 158 Å². The standard InChI is InChI=1S/C64H64N4O8.C44H56O20S4/c1-37-9-17-65(18-10-37)29-53-57-45-25-46-42(6)48-27-50-44(8)52-28-51-43(7)49-26-47(41(45)5)59(71-33-69-57)54(30-66-19-11-38(2)12-20-66)61(49)73-35-75-63(51)56(32-68-23-15-40(4)16-24-68)64(52)76-36-74-62(50)55(60(48)72-34-70-58(46)53)31-67-21-13-39(3)14-22-67;1-5-57-9-13-61-41-29-17-31-23-38(66(48,49)50)25-33(42(31)62-14-10-58-6-2)19-35-27-40(68(54,55)56)28-36(44(35)64-16-12-60-8-4)20-34-26-39(67(51,52)53)24-32(43(34)63-15-11-59-7-3)18-30(41)22-37(21-29)65(45,46)47/h9-28,41-44H,29-36H2,1-8H3;21-28H,5-20H2,1-4H3,(H,45,46,47)(H,48,49,50)(H,51,52,53)(H,54,55,56)/q+4;/p-4. The lowest BCUT2D eigenvalue weighted by Crippen LogP contribution is -2.36. The molecule has 36 heteroatoms. The Kier molecular flexibility index (Phi) is 31.3. The molecule has 2 aliphatic carbocycles. The molecule has 4 aromatic heterocycles. The van der Waals surface area contributed by atoms with Gasteiger partial charge in [-0.25, -0.2) is 51.9 Å². The summed E-state index contributed by atoms with van der Waals surface area (Å²) in [4.78, 5) is -3.13. The molecule has 12 aromatic rings. The SMILES string of the molecule is CCOCCOc1c2cc(S(=O)(=O)[O-])cc1Cc1cc(S(=O)(=O)[O-])cc(c1OCCOCC)Cc1cc(S(=O)(=O)[O-])cc(c1OCCOCC)Cc1cc(S(=O)(=O)[O-])cc(c1OCCOCC)C2.Cc1cc[n+](Cc2c3c4cc5c2OCOc2c(cc6c(c2C[n+]2ccc(C)cc2)OCOc2c(cc7c(c2C[n+]2ccc(C)cc2)OCOc2c(cc(c(c2C[n+]2ccc(C)cc2)OCO3)C4C)C7C)C6C)C5C)cc1. The maximum Gasteiger partial charge on any atom is 0.230 e. The van der Waals surface area contributed by atoms with Crippen molar-refractivity contribution in [3.05, 3.63) is 304 Å². The van der Waals surface area contributed by atoms with E-state index in [1.165, 1.54) is 22.3 Å². The van der Waals surface area contributed by atoms with Crippen molar-refractivity contribution in [2.45, 2.75) is 178 Å². The van der Waals surface area contributed by atoms with Crippen molar-refractivity contribution in [1.82, 2.24) is 0 Å². The van der Waals surface area contributed by atoms with Gasteiger partial charge < -0.3 is 94.0 Å². The van der Waals surface area contributed by atoms with Gasteiger partial charge >= 0.3 is 0 Å². The Hall–Kier alpha value is -12.6. The number of hydrogen-bond acceptors (Lipinski definition) is 28. The first-order chi connectivity index (χ1) is 69.0. The fourth-order valence-corrected chi connectivity index (χ4v) is 21.8. The molecular weight excluding hydrogens is 1930 g/mol. The molecule has 0 spiro atoms. The largest absolute Gasteiger partial charge is 0.744 e. The van der Waals surface area contributed by atoms with Crippen LogP contribution in [0.1, 0.15) is 213 Å². The van der Waals surface area contributed by atoms with E-state index in [1.54, 1.807) is 27.7 Å². The minimum absolute atomic E-state index is 0.00443. The minimum atomic E-state index is -5.30. The smallest absolute Gasteiger partial charge is 0.230 e. The van der Waals surface area contributed by atoms with Gasteiger partial charge in [-0.2, -0.15) is 0 Å². The second-order valence-electron chi connectivity index (χ2n) is 36.5. The summed E-state index contributed by atoms with van der Waals surface area (Å²) in [5, 5.41) is 0. The van der Waals surface area contributed by atoms with Crippen molar-refractivity contribution < 1.29 is 146 Å². The molecule has 0 radical (unpaired) electrons. The predicted molar refractivity (Wildman–Crippen MR) is 519 cm³/mol. The molecule has 6 aliphatic rings. The van der Waals surface area contributed by atoms with E-state index >= 15 is 0 Å². The molecule has 760 valence electrons. The third-order valence-corrected chi connectivity index (χ3v) is 30.0. The molecule has 18 rings (SSSR count). The number of rotatable bonds is 32. The number of benzene rings is 8. The molecule has 4 aliphatic heterocycles. The molecule has 0 saturated carbocycles. The molecule has 144 heavy (non-hydrogen) atoms. The average Bonchev–Trinajstić information content (AvgIpc) is 0.719. The van der Waals surface area contributed by atoms with Gasteiger partial charge in [-0.15, -0.1) is 0 Å². The van der Waals surface area contributed by atoms with Gasteiger partial charge in [-0.05, 0) is 150 Å². The van der Waals surface area contributed by atoms with Gasteiger partial charge in [0.25, 0.3) is 0 Å². The van der Waals surface area contributed by atoms with Crippen LogP contribution in [0.15, 0.2) is 190 Å². The second kappa shape index (κ2) is 43.8. The fraction of sp³-hybridized carbons (Fsp3) is 0.370. The Labute approximate surface area is 839 Å². The van der Waals surface area contributed by atoms with Crippen LogP contribution in [0.25, 0.3) is 0 Å². The van der Waals surface area contributed by atoms with E-state index in [1.807, 2.05) is 0 Å². The number of pyridine rings is 4. The molecule has 0 unspecified atom stereocenters. The van der Waals surface area contributed by atoms with Crippen LogP contribution in [0.2, 0.25) is 0 Å². The van der Waals surface area contributed by atoms with Crippen LogP contribution in [-0.2, 0) is 111 Å². The van der Waals surface area contributed by atoms with E-state index in [2.05, 4.69) is 196 Å². The van der Waals surface area contributed by atoms with Crippen molar-refractivity contribution in [2.24, 2.45) is 0 Å². The zero-order valence-corrected chi connectivity index (χ0v) is 85.6. The van der Waals surface area contributed by atoms with Crippen molar-refractivity contribution in [3.8, 4) is 69.0 Å². The highest BCUT2D eigenvalue weighted by Crippen LogP contribution is 2.57. The van der Waals surface area contributed by atoms with Crippen molar-refractivity contribution in [2.75, 3.05) is 106 Å². The molecule has 0 atom stereocenters. The van der Waals surface area contributed by atoms with Gasteiger partial charge in [0.15, 0.2) is 75.8 Å². The number of aromatic nitrogens is 4. The topological polar surface area (TPSA) is 392 Å². The van der Waals surface area contributed by atoms with Gasteiger partial charge in [0.2, 0.25) is 27.2 Å². The lowest BCUT2D eigenvalue weighted by molar-refractivity contribution is -0.688. The molecule has 8 aromatic carbocycles. The number of ether oxygens (including phenoxy) is 16. The quantitative estimate of drug-likeness (QED) is 0.0215. The highest BCUT2D eigenvalue weighted by atomic mass is 32.2. The molecular formula is C108H116N4O28S4. The van der Waals surface area contributed by atoms with Gasteiger partial charge in [0.05, 0.1) is 46.0 Å². The van der Waals surface area contributed by atoms with E-state index in [0.29, 0.717) is 26.2 Å². The van der Waals surface area contributed by atoms with Crippen LogP contribution in [0.5, 0.6) is 69.0 Å². The van der Waals surface area contributed by atoms with E-state index in [0.717, 1.165) is 161 Å². The van der Waals surface area contributed by atoms with Crippen LogP contribution in [0, 0.1) is 27.7 Å². The van der Waals surface area contributed by atoms with Crippen LogP contribution in [0.3, 0.4) is 0 Å². The van der Waals surface area contributed by atoms with Crippen LogP contribution in [-0.4, -0.2) is 158 Å². The van der Waals surface area contributed by atoms with Gasteiger partial charge in [-0.1, -0.05) is 27.7 Å². The number of fused-ring (bicyclic) bond motifs is 8. The predicted octanol–water partition coefficient (Wildman–Crippen LogP) is 13.7. The van der Waals surface area contributed by atoms with E-state index < -0.39 is 85.7 Å². The third-order valence-electron chi connectivity index (χ3n) is 26.7. The summed E-state index contributed by atoms with van der Waals surface area (Å²) in [5.74, 6) is 4.81. The first-order valence-corrected chi connectivity index (χ1v) is 53.6. The Morgan fingerprint density at radius 1 is 0.264 bits per heavy atom. The highest BCUT2D eigenvalue weighted by molar-refractivity contribution is 7.86. The Morgan fingerprint density at radius 3 is 0.569 bits per heavy atom. The first kappa shape index (κ1) is 103. The molecule has 8 heterocycles. The Bertz CT molecular complexity index is 6260. The lowest BCUT2D eigenvalue weighted by atomic mass is 9.78. The summed E-state index contributed by atoms with van der Waals surface area (Å²) in [5.41, 5.74) is 16.3. The molecule has 0 N–H and O–H groups in total. The molecule has 0 amide bonds. The Balaban J connectivity index is 0.000000199. The number of hydrogen-bond donors (Lipinski definition) is 0. The summed E-state index contributed by atoms with van der Waals surface area (Å²) in [6.45, 7) is 26.8. The summed E-state index contributed by atoms with van der Waals surface area (Å²) in [6, 6.07) is 34.4. The zero-order chi connectivity index (χ0) is 102. The van der Waals surface area contributed by atoms with Gasteiger partial charge in [-0.3, -0.25) is 0 Å². The minimum Gasteiger partial charge on any atom is -0.744 e. The maximum atomic E-state index is 12.9. The number of aryl methyl sites for hydroxylation is 4. The van der Waals surface area contributed by atoms with Crippen LogP contribution < -0.4 is 75.1 Å². The molecule has 0 fully saturated rings. The Morgan fingerprint density at radius 2 is 0.424 bits per heavy atom. The summed E-state index contributed by atoms with van der Waals surface area (Å²) >= 11 is 0. The monoisotopic (exact) mass is 2040 g/mol. The van der Waals surface area contributed by atoms with Crippen LogP contribution >= 0.6 is 0 Å². The number of nitrogens with zero attached hydrogens (tertiary/aromatic N) is 4. The second-order valence-corrected chi connectivity index (χ2v) is 42.0. The normalized spacial score (nSPS) is 15.9. The van der Waals surface area contributed by atoms with Gasteiger partial charge in [0, 0.05) is 213 Å². The van der Waals surface area contributed by atoms with E-state index in [-0.39, 0.29) is 198 Å². The third kappa shape index (κ3) is 22.6.